The third kappa shape index (κ3) is 3.46. The molecule has 1 aromatic carbocycles. The van der Waals surface area contributed by atoms with Crippen molar-refractivity contribution < 1.29 is 9.53 Å². The van der Waals surface area contributed by atoms with Crippen molar-refractivity contribution in [2.45, 2.75) is 26.2 Å². The summed E-state index contributed by atoms with van der Waals surface area (Å²) in [5, 5.41) is 1.10. The van der Waals surface area contributed by atoms with Gasteiger partial charge in [0, 0.05) is 12.6 Å². The Morgan fingerprint density at radius 1 is 1.47 bits per heavy atom. The Morgan fingerprint density at radius 2 is 2.12 bits per heavy atom. The van der Waals surface area contributed by atoms with Crippen LogP contribution in [-0.4, -0.2) is 25.1 Å². The highest BCUT2D eigenvalue weighted by molar-refractivity contribution is 5.78. The molecular weight excluding hydrogens is 216 g/mol. The van der Waals surface area contributed by atoms with E-state index in [4.69, 9.17) is 10.6 Å². The first kappa shape index (κ1) is 13.5. The van der Waals surface area contributed by atoms with Gasteiger partial charge in [-0.25, -0.2) is 5.84 Å². The lowest BCUT2D eigenvalue weighted by atomic mass is 9.99. The maximum atomic E-state index is 11.6. The summed E-state index contributed by atoms with van der Waals surface area (Å²) >= 11 is 0. The number of hydrogen-bond acceptors (Lipinski definition) is 3. The monoisotopic (exact) mass is 236 g/mol. The van der Waals surface area contributed by atoms with Crippen molar-refractivity contribution in [3.63, 3.8) is 0 Å². The summed E-state index contributed by atoms with van der Waals surface area (Å²) in [6, 6.07) is 5.92. The van der Waals surface area contributed by atoms with Gasteiger partial charge in [0.25, 0.3) is 0 Å². The van der Waals surface area contributed by atoms with Crippen LogP contribution in [0.3, 0.4) is 0 Å². The molecule has 0 aliphatic heterocycles. The van der Waals surface area contributed by atoms with Gasteiger partial charge in [0.1, 0.15) is 5.75 Å². The molecule has 1 amide bonds. The number of carbonyl (C=O) groups is 1. The van der Waals surface area contributed by atoms with Gasteiger partial charge in [0.2, 0.25) is 5.91 Å². The number of likely N-dealkylation sites (N-methyl/N-ethyl adjacent to an activating group) is 1. The first-order valence-electron chi connectivity index (χ1n) is 5.63. The fraction of sp³-hybridized carbons (Fsp3) is 0.462. The number of hydrazine groups is 1. The predicted octanol–water partition coefficient (Wildman–Crippen LogP) is 1.69. The van der Waals surface area contributed by atoms with Crippen molar-refractivity contribution in [1.29, 1.82) is 0 Å². The van der Waals surface area contributed by atoms with E-state index in [0.717, 1.165) is 16.3 Å². The fourth-order valence-electron chi connectivity index (χ4n) is 1.58. The van der Waals surface area contributed by atoms with Crippen LogP contribution in [0.15, 0.2) is 18.2 Å². The summed E-state index contributed by atoms with van der Waals surface area (Å²) < 4.78 is 5.25. The van der Waals surface area contributed by atoms with Crippen molar-refractivity contribution in [2.24, 2.45) is 5.84 Å². The average molecular weight is 236 g/mol. The van der Waals surface area contributed by atoms with Gasteiger partial charge in [0.05, 0.1) is 13.5 Å². The Balaban J connectivity index is 3.02. The summed E-state index contributed by atoms with van der Waals surface area (Å²) in [5.74, 6) is 6.43. The highest BCUT2D eigenvalue weighted by atomic mass is 16.5. The van der Waals surface area contributed by atoms with Crippen LogP contribution < -0.4 is 10.6 Å². The molecule has 0 aliphatic carbocycles. The minimum absolute atomic E-state index is 0.135. The van der Waals surface area contributed by atoms with Crippen molar-refractivity contribution in [1.82, 2.24) is 5.01 Å². The highest BCUT2D eigenvalue weighted by Crippen LogP contribution is 2.24. The van der Waals surface area contributed by atoms with Crippen molar-refractivity contribution in [2.75, 3.05) is 14.2 Å². The lowest BCUT2D eigenvalue weighted by molar-refractivity contribution is -0.129. The van der Waals surface area contributed by atoms with Gasteiger partial charge in [-0.15, -0.1) is 0 Å². The quantitative estimate of drug-likeness (QED) is 0.492. The zero-order chi connectivity index (χ0) is 13.0. The molecule has 4 heteroatoms. The predicted molar refractivity (Wildman–Crippen MR) is 67.7 cm³/mol. The zero-order valence-corrected chi connectivity index (χ0v) is 10.9. The molecule has 0 atom stereocenters. The molecule has 17 heavy (non-hydrogen) atoms. The van der Waals surface area contributed by atoms with Gasteiger partial charge in [0.15, 0.2) is 0 Å². The van der Waals surface area contributed by atoms with Gasteiger partial charge in [-0.05, 0) is 17.5 Å². The number of hydrogen-bond donors (Lipinski definition) is 1. The number of methoxy groups -OCH3 is 1. The SMILES string of the molecule is COc1ccc(C(C)C)cc1CC(=O)N(C)N. The number of carbonyl (C=O) groups excluding carboxylic acids is 1. The number of ether oxygens (including phenoxy) is 1. The summed E-state index contributed by atoms with van der Waals surface area (Å²) in [5.41, 5.74) is 2.06. The average Bonchev–Trinajstić information content (AvgIpc) is 2.28. The third-order valence-corrected chi connectivity index (χ3v) is 2.71. The molecule has 0 aliphatic rings. The fourth-order valence-corrected chi connectivity index (χ4v) is 1.58. The second-order valence-corrected chi connectivity index (χ2v) is 4.41. The van der Waals surface area contributed by atoms with E-state index in [1.807, 2.05) is 18.2 Å². The van der Waals surface area contributed by atoms with E-state index in [0.29, 0.717) is 5.92 Å². The van der Waals surface area contributed by atoms with Crippen LogP contribution in [0.5, 0.6) is 5.75 Å². The second-order valence-electron chi connectivity index (χ2n) is 4.41. The number of nitrogens with zero attached hydrogens (tertiary/aromatic N) is 1. The van der Waals surface area contributed by atoms with E-state index >= 15 is 0 Å². The number of amides is 1. The maximum Gasteiger partial charge on any atom is 0.240 e. The van der Waals surface area contributed by atoms with E-state index < -0.39 is 0 Å². The highest BCUT2D eigenvalue weighted by Gasteiger charge is 2.12. The molecule has 1 aromatic rings. The largest absolute Gasteiger partial charge is 0.496 e. The van der Waals surface area contributed by atoms with Crippen LogP contribution in [0, 0.1) is 0 Å². The summed E-state index contributed by atoms with van der Waals surface area (Å²) in [4.78, 5) is 11.6. The van der Waals surface area contributed by atoms with Crippen LogP contribution in [-0.2, 0) is 11.2 Å². The normalized spacial score (nSPS) is 10.5. The number of benzene rings is 1. The van der Waals surface area contributed by atoms with Gasteiger partial charge < -0.3 is 4.74 Å². The minimum Gasteiger partial charge on any atom is -0.496 e. The molecule has 0 bridgehead atoms. The van der Waals surface area contributed by atoms with E-state index in [2.05, 4.69) is 13.8 Å². The number of rotatable bonds is 4. The summed E-state index contributed by atoms with van der Waals surface area (Å²) in [6.45, 7) is 4.23. The molecule has 0 aromatic heterocycles. The summed E-state index contributed by atoms with van der Waals surface area (Å²) in [6.07, 6.45) is 0.261. The Hall–Kier alpha value is -1.55. The smallest absolute Gasteiger partial charge is 0.240 e. The minimum atomic E-state index is -0.135. The van der Waals surface area contributed by atoms with Crippen molar-refractivity contribution in [3.8, 4) is 5.75 Å². The Bertz CT molecular complexity index is 400. The van der Waals surface area contributed by atoms with Crippen LogP contribution >= 0.6 is 0 Å². The molecule has 0 radical (unpaired) electrons. The van der Waals surface area contributed by atoms with Crippen molar-refractivity contribution in [3.05, 3.63) is 29.3 Å². The third-order valence-electron chi connectivity index (χ3n) is 2.71. The van der Waals surface area contributed by atoms with Crippen LogP contribution in [0.25, 0.3) is 0 Å². The maximum absolute atomic E-state index is 11.6. The molecule has 2 N–H and O–H groups in total. The molecule has 0 saturated carbocycles. The van der Waals surface area contributed by atoms with E-state index in [9.17, 15) is 4.79 Å². The Kier molecular flexibility index (Phi) is 4.52. The van der Waals surface area contributed by atoms with E-state index in [1.165, 1.54) is 5.56 Å². The Morgan fingerprint density at radius 3 is 2.59 bits per heavy atom. The first-order valence-corrected chi connectivity index (χ1v) is 5.63. The molecule has 0 spiro atoms. The molecule has 0 fully saturated rings. The van der Waals surface area contributed by atoms with Crippen LogP contribution in [0.2, 0.25) is 0 Å². The molecule has 4 nitrogen and oxygen atoms in total. The van der Waals surface area contributed by atoms with Gasteiger partial charge >= 0.3 is 0 Å². The van der Waals surface area contributed by atoms with E-state index in [-0.39, 0.29) is 12.3 Å². The molecule has 0 saturated heterocycles. The van der Waals surface area contributed by atoms with Crippen LogP contribution in [0.1, 0.15) is 30.9 Å². The van der Waals surface area contributed by atoms with Crippen LogP contribution in [0.4, 0.5) is 0 Å². The second kappa shape index (κ2) is 5.68. The van der Waals surface area contributed by atoms with E-state index in [1.54, 1.807) is 14.2 Å². The topological polar surface area (TPSA) is 55.6 Å². The molecule has 0 heterocycles. The van der Waals surface area contributed by atoms with Gasteiger partial charge in [-0.1, -0.05) is 26.0 Å². The molecule has 94 valence electrons. The lowest BCUT2D eigenvalue weighted by Gasteiger charge is -2.14. The standard InChI is InChI=1S/C13H20N2O2/c1-9(2)10-5-6-12(17-4)11(7-10)8-13(16)15(3)14/h5-7,9H,8,14H2,1-4H3. The molecular formula is C13H20N2O2. The van der Waals surface area contributed by atoms with Gasteiger partial charge in [-0.3, -0.25) is 9.80 Å². The first-order chi connectivity index (χ1) is 7.95. The van der Waals surface area contributed by atoms with Gasteiger partial charge in [-0.2, -0.15) is 0 Å². The molecule has 0 unspecified atom stereocenters. The lowest BCUT2D eigenvalue weighted by Crippen LogP contribution is -2.34. The van der Waals surface area contributed by atoms with Crippen molar-refractivity contribution >= 4 is 5.91 Å². The Labute approximate surface area is 102 Å². The molecule has 1 rings (SSSR count). The zero-order valence-electron chi connectivity index (χ0n) is 10.9. The summed E-state index contributed by atoms with van der Waals surface area (Å²) in [7, 11) is 3.14. The number of nitrogens with two attached hydrogens (primary N) is 1.